The maximum Gasteiger partial charge on any atom is 0.341 e. The van der Waals surface area contributed by atoms with E-state index in [0.29, 0.717) is 31.2 Å². The van der Waals surface area contributed by atoms with E-state index in [4.69, 9.17) is 49.4 Å². The summed E-state index contributed by atoms with van der Waals surface area (Å²) in [4.78, 5) is 42.3. The molecule has 0 bridgehead atoms. The van der Waals surface area contributed by atoms with Crippen molar-refractivity contribution < 1.29 is 24.2 Å². The zero-order valence-electron chi connectivity index (χ0n) is 19.5. The number of fused-ring (bicyclic) bond motifs is 1. The summed E-state index contributed by atoms with van der Waals surface area (Å²) >= 11 is 20.1. The highest BCUT2D eigenvalue weighted by molar-refractivity contribution is 7.07. The second-order valence-corrected chi connectivity index (χ2v) is 10.1. The number of thiazole rings is 1. The van der Waals surface area contributed by atoms with Crippen LogP contribution >= 0.6 is 46.1 Å². The molecule has 0 saturated carbocycles. The van der Waals surface area contributed by atoms with Crippen molar-refractivity contribution in [2.45, 2.75) is 19.9 Å². The fourth-order valence-corrected chi connectivity index (χ4v) is 5.77. The number of rotatable bonds is 7. The third-order valence-corrected chi connectivity index (χ3v) is 7.26. The largest absolute Gasteiger partial charge is 0.479 e. The highest BCUT2D eigenvalue weighted by Gasteiger charge is 2.34. The van der Waals surface area contributed by atoms with Gasteiger partial charge in [-0.05, 0) is 49.2 Å². The molecule has 0 aliphatic carbocycles. The molecule has 0 radical (unpaired) electrons. The second kappa shape index (κ2) is 11.1. The van der Waals surface area contributed by atoms with Crippen LogP contribution in [-0.4, -0.2) is 34.8 Å². The minimum absolute atomic E-state index is 0.0257. The number of nitrogens with zero attached hydrogens (tertiary/aromatic N) is 2. The summed E-state index contributed by atoms with van der Waals surface area (Å²) in [6, 6.07) is 9.12. The van der Waals surface area contributed by atoms with Gasteiger partial charge in [0.2, 0.25) is 0 Å². The third kappa shape index (κ3) is 5.45. The molecule has 192 valence electrons. The Balaban J connectivity index is 1.88. The fourth-order valence-electron chi connectivity index (χ4n) is 3.87. The summed E-state index contributed by atoms with van der Waals surface area (Å²) in [5, 5.41) is 9.39. The molecule has 3 aromatic rings. The highest BCUT2D eigenvalue weighted by Crippen LogP contribution is 2.35. The van der Waals surface area contributed by atoms with Gasteiger partial charge in [-0.3, -0.25) is 9.36 Å². The number of carbonyl (C=O) groups is 2. The summed E-state index contributed by atoms with van der Waals surface area (Å²) in [6.45, 7) is 2.93. The van der Waals surface area contributed by atoms with Gasteiger partial charge < -0.3 is 14.6 Å². The van der Waals surface area contributed by atoms with Crippen LogP contribution in [0.1, 0.15) is 31.0 Å². The Bertz CT molecular complexity index is 1600. The molecule has 1 atom stereocenters. The van der Waals surface area contributed by atoms with Crippen molar-refractivity contribution in [1.82, 2.24) is 4.57 Å². The third-order valence-electron chi connectivity index (χ3n) is 5.38. The van der Waals surface area contributed by atoms with Gasteiger partial charge in [-0.1, -0.05) is 64.3 Å². The average Bonchev–Trinajstić information content (AvgIpc) is 3.12. The molecule has 0 saturated heterocycles. The highest BCUT2D eigenvalue weighted by atomic mass is 35.5. The topological polar surface area (TPSA) is 107 Å². The van der Waals surface area contributed by atoms with Crippen LogP contribution in [0.4, 0.5) is 0 Å². The van der Waals surface area contributed by atoms with Gasteiger partial charge in [-0.2, -0.15) is 0 Å². The van der Waals surface area contributed by atoms with E-state index >= 15 is 0 Å². The Morgan fingerprint density at radius 1 is 1.16 bits per heavy atom. The van der Waals surface area contributed by atoms with Gasteiger partial charge in [0.25, 0.3) is 5.56 Å². The monoisotopic (exact) mass is 580 g/mol. The summed E-state index contributed by atoms with van der Waals surface area (Å²) in [5.41, 5.74) is 1.28. The van der Waals surface area contributed by atoms with E-state index in [2.05, 4.69) is 4.99 Å². The summed E-state index contributed by atoms with van der Waals surface area (Å²) in [7, 11) is 0. The molecule has 1 aliphatic heterocycles. The lowest BCUT2D eigenvalue weighted by Gasteiger charge is -2.25. The van der Waals surface area contributed by atoms with E-state index in [1.165, 1.54) is 16.7 Å². The second-order valence-electron chi connectivity index (χ2n) is 7.82. The first-order valence-corrected chi connectivity index (χ1v) is 12.8. The molecule has 1 aromatic heterocycles. The predicted octanol–water partition coefficient (Wildman–Crippen LogP) is 4.22. The lowest BCUT2D eigenvalue weighted by Crippen LogP contribution is -2.40. The van der Waals surface area contributed by atoms with Crippen LogP contribution in [-0.2, 0) is 14.3 Å². The van der Waals surface area contributed by atoms with E-state index in [-0.39, 0.29) is 28.0 Å². The van der Waals surface area contributed by atoms with Crippen LogP contribution in [0.5, 0.6) is 5.75 Å². The molecule has 0 amide bonds. The number of hydrogen-bond acceptors (Lipinski definition) is 7. The first-order valence-electron chi connectivity index (χ1n) is 10.9. The summed E-state index contributed by atoms with van der Waals surface area (Å²) in [6.07, 6.45) is 1.58. The molecule has 0 spiro atoms. The van der Waals surface area contributed by atoms with Crippen molar-refractivity contribution in [3.05, 3.63) is 93.6 Å². The molecule has 12 heteroatoms. The minimum atomic E-state index is -1.18. The number of aromatic nitrogens is 1. The van der Waals surface area contributed by atoms with E-state index < -0.39 is 30.1 Å². The van der Waals surface area contributed by atoms with Crippen molar-refractivity contribution in [1.29, 1.82) is 0 Å². The van der Waals surface area contributed by atoms with E-state index in [9.17, 15) is 14.4 Å². The first-order chi connectivity index (χ1) is 17.6. The molecule has 1 unspecified atom stereocenters. The number of carbonyl (C=O) groups excluding carboxylic acids is 1. The number of carboxylic acids is 1. The maximum absolute atomic E-state index is 13.7. The Hall–Kier alpha value is -3.11. The van der Waals surface area contributed by atoms with Crippen LogP contribution in [0.2, 0.25) is 15.1 Å². The molecular weight excluding hydrogens is 563 g/mol. The van der Waals surface area contributed by atoms with Crippen molar-refractivity contribution >= 4 is 64.2 Å². The van der Waals surface area contributed by atoms with Crippen molar-refractivity contribution in [3.8, 4) is 5.75 Å². The number of allylic oxidation sites excluding steroid dienone is 1. The maximum atomic E-state index is 13.7. The van der Waals surface area contributed by atoms with E-state index in [1.54, 1.807) is 44.2 Å². The van der Waals surface area contributed by atoms with Crippen LogP contribution < -0.4 is 19.6 Å². The smallest absolute Gasteiger partial charge is 0.341 e. The van der Waals surface area contributed by atoms with Gasteiger partial charge in [-0.15, -0.1) is 0 Å². The number of ether oxygens (including phenoxy) is 2. The molecule has 8 nitrogen and oxygen atoms in total. The minimum Gasteiger partial charge on any atom is -0.479 e. The number of halogens is 3. The van der Waals surface area contributed by atoms with Gasteiger partial charge >= 0.3 is 11.9 Å². The lowest BCUT2D eigenvalue weighted by atomic mass is 9.96. The first kappa shape index (κ1) is 26.9. The molecule has 1 aliphatic rings. The molecule has 37 heavy (non-hydrogen) atoms. The number of hydrogen-bond donors (Lipinski definition) is 1. The number of aliphatic carboxylic acids is 1. The van der Waals surface area contributed by atoms with Crippen LogP contribution in [0.25, 0.3) is 6.08 Å². The van der Waals surface area contributed by atoms with E-state index in [0.717, 1.165) is 11.3 Å². The SMILES string of the molecule is CCOC(=O)C1=C(C)N=c2s/c(=C/c3cc(Cl)c(OCC(=O)O)c(Cl)c3)c(=O)n2C1c1ccccc1Cl. The Labute approximate surface area is 229 Å². The zero-order valence-corrected chi connectivity index (χ0v) is 22.5. The Morgan fingerprint density at radius 3 is 2.46 bits per heavy atom. The van der Waals surface area contributed by atoms with Gasteiger partial charge in [0.05, 0.1) is 32.5 Å². The molecule has 1 N–H and O–H groups in total. The van der Waals surface area contributed by atoms with Crippen LogP contribution in [0.15, 0.2) is 57.5 Å². The molecular formula is C25H19Cl3N2O6S. The van der Waals surface area contributed by atoms with Gasteiger partial charge in [-0.25, -0.2) is 14.6 Å². The summed E-state index contributed by atoms with van der Waals surface area (Å²) in [5.74, 6) is -1.74. The van der Waals surface area contributed by atoms with Crippen LogP contribution in [0, 0.1) is 0 Å². The fraction of sp³-hybridized carbons (Fsp3) is 0.200. The zero-order chi connectivity index (χ0) is 26.9. The van der Waals surface area contributed by atoms with Crippen molar-refractivity contribution in [3.63, 3.8) is 0 Å². The Kier molecular flexibility index (Phi) is 8.08. The number of benzene rings is 2. The standard InChI is InChI=1S/C25H19Cl3N2O6S/c1-3-35-24(34)20-12(2)29-25-30(21(20)14-6-4-5-7-15(14)26)23(33)18(37-25)10-13-8-16(27)22(17(28)9-13)36-11-19(31)32/h4-10,21H,3,11H2,1-2H3,(H,31,32)/b18-10+. The molecule has 2 aromatic carbocycles. The van der Waals surface area contributed by atoms with Gasteiger partial charge in [0, 0.05) is 5.02 Å². The van der Waals surface area contributed by atoms with Crippen molar-refractivity contribution in [2.24, 2.45) is 4.99 Å². The average molecular weight is 582 g/mol. The predicted molar refractivity (Wildman–Crippen MR) is 141 cm³/mol. The van der Waals surface area contributed by atoms with Gasteiger partial charge in [0.1, 0.15) is 6.04 Å². The summed E-state index contributed by atoms with van der Waals surface area (Å²) < 4.78 is 12.1. The normalized spacial score (nSPS) is 15.3. The molecule has 4 rings (SSSR count). The number of esters is 1. The lowest BCUT2D eigenvalue weighted by molar-refractivity contribution is -0.140. The molecule has 0 fully saturated rings. The quantitative estimate of drug-likeness (QED) is 0.419. The van der Waals surface area contributed by atoms with E-state index in [1.807, 2.05) is 0 Å². The van der Waals surface area contributed by atoms with Crippen molar-refractivity contribution in [2.75, 3.05) is 13.2 Å². The number of carboxylic acid groups (broad SMARTS) is 1. The Morgan fingerprint density at radius 2 is 1.84 bits per heavy atom. The van der Waals surface area contributed by atoms with Gasteiger partial charge in [0.15, 0.2) is 17.2 Å². The molecule has 2 heterocycles. The van der Waals surface area contributed by atoms with Crippen LogP contribution in [0.3, 0.4) is 0 Å².